The van der Waals surface area contributed by atoms with Crippen molar-refractivity contribution in [1.82, 2.24) is 4.31 Å². The third kappa shape index (κ3) is 3.23. The fourth-order valence-electron chi connectivity index (χ4n) is 4.53. The Morgan fingerprint density at radius 3 is 2.75 bits per heavy atom. The Kier molecular flexibility index (Phi) is 5.24. The van der Waals surface area contributed by atoms with Crippen LogP contribution in [0.4, 0.5) is 11.4 Å². The van der Waals surface area contributed by atoms with E-state index in [0.717, 1.165) is 27.8 Å². The number of sulfonamides is 1. The highest BCUT2D eigenvalue weighted by Gasteiger charge is 2.40. The van der Waals surface area contributed by atoms with Crippen molar-refractivity contribution in [2.45, 2.75) is 30.0 Å². The van der Waals surface area contributed by atoms with Crippen molar-refractivity contribution in [2.24, 2.45) is 0 Å². The summed E-state index contributed by atoms with van der Waals surface area (Å²) in [4.78, 5) is 27.6. The molecule has 1 aromatic heterocycles. The van der Waals surface area contributed by atoms with Gasteiger partial charge < -0.3 is 10.2 Å². The van der Waals surface area contributed by atoms with E-state index in [0.29, 0.717) is 35.0 Å². The van der Waals surface area contributed by atoms with E-state index in [9.17, 15) is 18.0 Å². The van der Waals surface area contributed by atoms with Gasteiger partial charge in [0.05, 0.1) is 10.0 Å². The van der Waals surface area contributed by atoms with E-state index in [1.165, 1.54) is 16.4 Å². The predicted molar refractivity (Wildman–Crippen MR) is 126 cm³/mol. The molecule has 166 valence electrons. The van der Waals surface area contributed by atoms with Gasteiger partial charge in [0.25, 0.3) is 15.9 Å². The third-order valence-corrected chi connectivity index (χ3v) is 9.58. The first-order valence-electron chi connectivity index (χ1n) is 10.3. The lowest BCUT2D eigenvalue weighted by Crippen LogP contribution is -2.42. The Balaban J connectivity index is 1.47. The highest BCUT2D eigenvalue weighted by Crippen LogP contribution is 2.41. The van der Waals surface area contributed by atoms with Crippen LogP contribution in [-0.4, -0.2) is 43.7 Å². The van der Waals surface area contributed by atoms with Gasteiger partial charge in [-0.3, -0.25) is 9.59 Å². The van der Waals surface area contributed by atoms with Gasteiger partial charge in [-0.15, -0.1) is 11.3 Å². The molecule has 0 unspecified atom stereocenters. The Morgan fingerprint density at radius 1 is 1.22 bits per heavy atom. The molecule has 1 saturated heterocycles. The molecule has 0 radical (unpaired) electrons. The van der Waals surface area contributed by atoms with Crippen LogP contribution in [0.3, 0.4) is 0 Å². The van der Waals surface area contributed by atoms with Crippen molar-refractivity contribution in [3.05, 3.63) is 52.4 Å². The van der Waals surface area contributed by atoms with Crippen LogP contribution in [0.1, 0.15) is 30.1 Å². The van der Waals surface area contributed by atoms with Gasteiger partial charge in [-0.25, -0.2) is 8.42 Å². The molecular formula is C22H20ClN3O4S2. The van der Waals surface area contributed by atoms with Crippen LogP contribution in [0.15, 0.2) is 46.7 Å². The first-order chi connectivity index (χ1) is 15.3. The van der Waals surface area contributed by atoms with E-state index in [-0.39, 0.29) is 22.6 Å². The first-order valence-corrected chi connectivity index (χ1v) is 12.9. The minimum Gasteiger partial charge on any atom is -0.324 e. The number of amides is 2. The number of carbonyl (C=O) groups is 2. The second-order valence-electron chi connectivity index (χ2n) is 7.73. The molecule has 2 amide bonds. The summed E-state index contributed by atoms with van der Waals surface area (Å²) in [6.07, 6.45) is 1.04. The van der Waals surface area contributed by atoms with Gasteiger partial charge in [-0.05, 0) is 50.1 Å². The summed E-state index contributed by atoms with van der Waals surface area (Å²) in [5, 5.41) is 4.48. The minimum atomic E-state index is -3.81. The predicted octanol–water partition coefficient (Wildman–Crippen LogP) is 4.33. The number of nitrogens with zero attached hydrogens (tertiary/aromatic N) is 2. The van der Waals surface area contributed by atoms with Crippen LogP contribution >= 0.6 is 22.9 Å². The summed E-state index contributed by atoms with van der Waals surface area (Å²) in [7, 11) is -3.81. The van der Waals surface area contributed by atoms with Crippen LogP contribution in [0.5, 0.6) is 0 Å². The van der Waals surface area contributed by atoms with Gasteiger partial charge in [0.15, 0.2) is 0 Å². The Hall–Kier alpha value is -2.46. The molecule has 3 heterocycles. The van der Waals surface area contributed by atoms with Crippen LogP contribution in [0.2, 0.25) is 4.34 Å². The number of rotatable bonds is 5. The van der Waals surface area contributed by atoms with Crippen LogP contribution < -0.4 is 10.2 Å². The molecule has 32 heavy (non-hydrogen) atoms. The van der Waals surface area contributed by atoms with Crippen molar-refractivity contribution >= 4 is 66.9 Å². The summed E-state index contributed by atoms with van der Waals surface area (Å²) in [6.45, 7) is 2.75. The van der Waals surface area contributed by atoms with Gasteiger partial charge in [0.2, 0.25) is 5.91 Å². The lowest BCUT2D eigenvalue weighted by molar-refractivity contribution is -0.119. The Bertz CT molecular complexity index is 1370. The van der Waals surface area contributed by atoms with Crippen LogP contribution in [0, 0.1) is 0 Å². The summed E-state index contributed by atoms with van der Waals surface area (Å²) >= 11 is 6.91. The normalized spacial score (nSPS) is 18.6. The number of benzene rings is 2. The fourth-order valence-corrected chi connectivity index (χ4v) is 7.80. The first kappa shape index (κ1) is 21.4. The Morgan fingerprint density at radius 2 is 2.03 bits per heavy atom. The van der Waals surface area contributed by atoms with E-state index in [1.807, 2.05) is 19.1 Å². The monoisotopic (exact) mass is 489 g/mol. The summed E-state index contributed by atoms with van der Waals surface area (Å²) in [5.74, 6) is -0.439. The SMILES string of the molecule is CCN1C(=O)c2cccc3c(NC(=O)[C@H]4CCCN4S(=O)(=O)c4ccc(Cl)s4)ccc1c23. The third-order valence-electron chi connectivity index (χ3n) is 5.98. The van der Waals surface area contributed by atoms with Crippen LogP contribution in [0.25, 0.3) is 10.8 Å². The molecule has 1 atom stereocenters. The smallest absolute Gasteiger partial charge is 0.258 e. The highest BCUT2D eigenvalue weighted by molar-refractivity contribution is 7.91. The van der Waals surface area contributed by atoms with Crippen LogP contribution in [-0.2, 0) is 14.8 Å². The van der Waals surface area contributed by atoms with E-state index in [2.05, 4.69) is 5.32 Å². The molecule has 3 aromatic rings. The highest BCUT2D eigenvalue weighted by atomic mass is 35.5. The molecule has 1 N–H and O–H groups in total. The number of hydrogen-bond donors (Lipinski definition) is 1. The molecular weight excluding hydrogens is 470 g/mol. The van der Waals surface area contributed by atoms with Gasteiger partial charge >= 0.3 is 0 Å². The summed E-state index contributed by atoms with van der Waals surface area (Å²) in [5.41, 5.74) is 1.99. The lowest BCUT2D eigenvalue weighted by atomic mass is 10.0. The summed E-state index contributed by atoms with van der Waals surface area (Å²) < 4.78 is 27.9. The Labute approximate surface area is 194 Å². The number of hydrogen-bond acceptors (Lipinski definition) is 5. The molecule has 1 fully saturated rings. The maximum Gasteiger partial charge on any atom is 0.258 e. The molecule has 10 heteroatoms. The second-order valence-corrected chi connectivity index (χ2v) is 11.6. The average molecular weight is 490 g/mol. The molecule has 0 bridgehead atoms. The maximum atomic E-state index is 13.2. The summed E-state index contributed by atoms with van der Waals surface area (Å²) in [6, 6.07) is 11.2. The quantitative estimate of drug-likeness (QED) is 0.578. The second kappa shape index (κ2) is 7.84. The zero-order valence-corrected chi connectivity index (χ0v) is 19.6. The van der Waals surface area contributed by atoms with E-state index >= 15 is 0 Å². The number of carbonyl (C=O) groups excluding carboxylic acids is 2. The zero-order valence-electron chi connectivity index (χ0n) is 17.2. The van der Waals surface area contributed by atoms with E-state index in [4.69, 9.17) is 11.6 Å². The number of nitrogens with one attached hydrogen (secondary N) is 1. The van der Waals surface area contributed by atoms with Crippen molar-refractivity contribution in [3.8, 4) is 0 Å². The van der Waals surface area contributed by atoms with Gasteiger partial charge in [-0.2, -0.15) is 4.31 Å². The molecule has 2 aliphatic heterocycles. The van der Waals surface area contributed by atoms with Crippen molar-refractivity contribution in [2.75, 3.05) is 23.3 Å². The van der Waals surface area contributed by atoms with Gasteiger partial charge in [0, 0.05) is 35.1 Å². The van der Waals surface area contributed by atoms with E-state index < -0.39 is 16.1 Å². The molecule has 5 rings (SSSR count). The average Bonchev–Trinajstić information content (AvgIpc) is 3.50. The maximum absolute atomic E-state index is 13.2. The lowest BCUT2D eigenvalue weighted by Gasteiger charge is -2.23. The number of thiophene rings is 1. The van der Waals surface area contributed by atoms with Crippen molar-refractivity contribution < 1.29 is 18.0 Å². The largest absolute Gasteiger partial charge is 0.324 e. The van der Waals surface area contributed by atoms with Gasteiger partial charge in [-0.1, -0.05) is 23.7 Å². The molecule has 0 spiro atoms. The van der Waals surface area contributed by atoms with Gasteiger partial charge in [0.1, 0.15) is 10.3 Å². The standard InChI is InChI=1S/C22H20ClN3O4S2/c1-2-25-16-9-8-15(13-5-3-6-14(20(13)16)22(25)28)24-21(27)17-7-4-12-26(17)32(29,30)19-11-10-18(23)31-19/h3,5-6,8-11,17H,2,4,7,12H2,1H3,(H,24,27)/t17-/m1/s1. The molecule has 0 saturated carbocycles. The van der Waals surface area contributed by atoms with Crippen molar-refractivity contribution in [1.29, 1.82) is 0 Å². The molecule has 0 aliphatic carbocycles. The molecule has 2 aliphatic rings. The molecule has 2 aromatic carbocycles. The van der Waals surface area contributed by atoms with Crippen molar-refractivity contribution in [3.63, 3.8) is 0 Å². The number of anilines is 2. The fraction of sp³-hybridized carbons (Fsp3) is 0.273. The molecule has 7 nitrogen and oxygen atoms in total. The minimum absolute atomic E-state index is 0.0563. The topological polar surface area (TPSA) is 86.8 Å². The van der Waals surface area contributed by atoms with E-state index in [1.54, 1.807) is 23.1 Å². The zero-order chi connectivity index (χ0) is 22.6. The number of halogens is 1.